The van der Waals surface area contributed by atoms with Crippen molar-refractivity contribution in [1.82, 2.24) is 5.32 Å². The molecule has 0 aliphatic carbocycles. The van der Waals surface area contributed by atoms with E-state index in [1.54, 1.807) is 0 Å². The normalized spacial score (nSPS) is 20.1. The number of rotatable bonds is 5. The van der Waals surface area contributed by atoms with E-state index in [0.717, 1.165) is 19.0 Å². The standard InChI is InChI=1S/C16H26N2/c1-3-15-8-4-5-12-18(15)16-9-6-7-14(13-16)10-11-17-2/h6-7,9,13,15,17H,3-5,8,10-12H2,1-2H3. The summed E-state index contributed by atoms with van der Waals surface area (Å²) >= 11 is 0. The lowest BCUT2D eigenvalue weighted by Crippen LogP contribution is -2.39. The molecular weight excluding hydrogens is 220 g/mol. The van der Waals surface area contributed by atoms with Gasteiger partial charge in [0.2, 0.25) is 0 Å². The number of hydrogen-bond donors (Lipinski definition) is 1. The maximum absolute atomic E-state index is 3.22. The minimum atomic E-state index is 0.748. The summed E-state index contributed by atoms with van der Waals surface area (Å²) in [6.07, 6.45) is 6.48. The average molecular weight is 246 g/mol. The van der Waals surface area contributed by atoms with Gasteiger partial charge in [-0.05, 0) is 63.4 Å². The van der Waals surface area contributed by atoms with E-state index in [0.29, 0.717) is 0 Å². The zero-order valence-corrected chi connectivity index (χ0v) is 11.8. The van der Waals surface area contributed by atoms with Crippen LogP contribution in [-0.4, -0.2) is 26.2 Å². The highest BCUT2D eigenvalue weighted by atomic mass is 15.2. The molecule has 2 nitrogen and oxygen atoms in total. The second-order valence-electron chi connectivity index (χ2n) is 5.27. The summed E-state index contributed by atoms with van der Waals surface area (Å²) in [5, 5.41) is 3.22. The molecule has 1 aromatic rings. The summed E-state index contributed by atoms with van der Waals surface area (Å²) < 4.78 is 0. The van der Waals surface area contributed by atoms with Crippen LogP contribution in [0.15, 0.2) is 24.3 Å². The van der Waals surface area contributed by atoms with E-state index in [4.69, 9.17) is 0 Å². The van der Waals surface area contributed by atoms with E-state index in [9.17, 15) is 0 Å². The smallest absolute Gasteiger partial charge is 0.0371 e. The molecule has 0 bridgehead atoms. The first-order chi connectivity index (χ1) is 8.85. The Hall–Kier alpha value is -1.02. The second-order valence-corrected chi connectivity index (χ2v) is 5.27. The van der Waals surface area contributed by atoms with Crippen molar-refractivity contribution in [3.63, 3.8) is 0 Å². The Balaban J connectivity index is 2.10. The van der Waals surface area contributed by atoms with Crippen LogP contribution in [0.3, 0.4) is 0 Å². The zero-order valence-electron chi connectivity index (χ0n) is 11.8. The molecule has 0 aromatic heterocycles. The molecule has 2 heteroatoms. The van der Waals surface area contributed by atoms with Gasteiger partial charge in [0.25, 0.3) is 0 Å². The number of anilines is 1. The molecule has 1 fully saturated rings. The summed E-state index contributed by atoms with van der Waals surface area (Å²) in [7, 11) is 2.02. The first-order valence-electron chi connectivity index (χ1n) is 7.35. The van der Waals surface area contributed by atoms with Gasteiger partial charge >= 0.3 is 0 Å². The molecule has 18 heavy (non-hydrogen) atoms. The fraction of sp³-hybridized carbons (Fsp3) is 0.625. The molecule has 1 atom stereocenters. The summed E-state index contributed by atoms with van der Waals surface area (Å²) in [5.74, 6) is 0. The monoisotopic (exact) mass is 246 g/mol. The molecule has 0 radical (unpaired) electrons. The molecule has 0 saturated carbocycles. The van der Waals surface area contributed by atoms with Gasteiger partial charge in [0.1, 0.15) is 0 Å². The molecule has 1 heterocycles. The summed E-state index contributed by atoms with van der Waals surface area (Å²) in [6, 6.07) is 9.86. The predicted molar refractivity (Wildman–Crippen MR) is 79.3 cm³/mol. The number of nitrogens with one attached hydrogen (secondary N) is 1. The van der Waals surface area contributed by atoms with Crippen LogP contribution < -0.4 is 10.2 Å². The van der Waals surface area contributed by atoms with Gasteiger partial charge in [-0.3, -0.25) is 0 Å². The van der Waals surface area contributed by atoms with Crippen molar-refractivity contribution in [2.24, 2.45) is 0 Å². The third-order valence-corrected chi connectivity index (χ3v) is 4.00. The minimum absolute atomic E-state index is 0.748. The predicted octanol–water partition coefficient (Wildman–Crippen LogP) is 3.22. The van der Waals surface area contributed by atoms with E-state index < -0.39 is 0 Å². The Morgan fingerprint density at radius 1 is 1.33 bits per heavy atom. The van der Waals surface area contributed by atoms with E-state index in [1.165, 1.54) is 43.5 Å². The highest BCUT2D eigenvalue weighted by Gasteiger charge is 2.20. The van der Waals surface area contributed by atoms with Crippen molar-refractivity contribution in [3.8, 4) is 0 Å². The molecule has 1 N–H and O–H groups in total. The van der Waals surface area contributed by atoms with Gasteiger partial charge in [-0.1, -0.05) is 19.1 Å². The zero-order chi connectivity index (χ0) is 12.8. The summed E-state index contributed by atoms with van der Waals surface area (Å²) in [4.78, 5) is 2.62. The molecule has 0 amide bonds. The SMILES string of the molecule is CCC1CCCCN1c1cccc(CCNC)c1. The van der Waals surface area contributed by atoms with Crippen LogP contribution in [-0.2, 0) is 6.42 Å². The van der Waals surface area contributed by atoms with Crippen LogP contribution in [0.4, 0.5) is 5.69 Å². The maximum Gasteiger partial charge on any atom is 0.0371 e. The number of benzene rings is 1. The molecule has 1 aromatic carbocycles. The van der Waals surface area contributed by atoms with Gasteiger partial charge < -0.3 is 10.2 Å². The van der Waals surface area contributed by atoms with Gasteiger partial charge in [-0.2, -0.15) is 0 Å². The van der Waals surface area contributed by atoms with Crippen molar-refractivity contribution in [2.45, 2.75) is 45.1 Å². The number of piperidine rings is 1. The van der Waals surface area contributed by atoms with E-state index in [1.807, 2.05) is 7.05 Å². The lowest BCUT2D eigenvalue weighted by molar-refractivity contribution is 0.450. The van der Waals surface area contributed by atoms with Crippen molar-refractivity contribution in [1.29, 1.82) is 0 Å². The topological polar surface area (TPSA) is 15.3 Å². The van der Waals surface area contributed by atoms with Crippen molar-refractivity contribution in [3.05, 3.63) is 29.8 Å². The quantitative estimate of drug-likeness (QED) is 0.858. The van der Waals surface area contributed by atoms with Crippen LogP contribution in [0.25, 0.3) is 0 Å². The Bertz CT molecular complexity index is 362. The largest absolute Gasteiger partial charge is 0.369 e. The summed E-state index contributed by atoms with van der Waals surface area (Å²) in [5.41, 5.74) is 2.87. The highest BCUT2D eigenvalue weighted by Crippen LogP contribution is 2.27. The lowest BCUT2D eigenvalue weighted by Gasteiger charge is -2.37. The van der Waals surface area contributed by atoms with Gasteiger partial charge in [-0.25, -0.2) is 0 Å². The van der Waals surface area contributed by atoms with Gasteiger partial charge in [0.05, 0.1) is 0 Å². The van der Waals surface area contributed by atoms with Crippen molar-refractivity contribution in [2.75, 3.05) is 25.0 Å². The van der Waals surface area contributed by atoms with Crippen molar-refractivity contribution >= 4 is 5.69 Å². The molecule has 100 valence electrons. The fourth-order valence-electron chi connectivity index (χ4n) is 2.92. The number of nitrogens with zero attached hydrogens (tertiary/aromatic N) is 1. The second kappa shape index (κ2) is 6.79. The molecule has 1 aliphatic rings. The number of likely N-dealkylation sites (N-methyl/N-ethyl adjacent to an activating group) is 1. The number of hydrogen-bond acceptors (Lipinski definition) is 2. The van der Waals surface area contributed by atoms with E-state index in [2.05, 4.69) is 41.4 Å². The Labute approximate surface area is 111 Å². The van der Waals surface area contributed by atoms with Gasteiger partial charge in [0.15, 0.2) is 0 Å². The van der Waals surface area contributed by atoms with Crippen LogP contribution >= 0.6 is 0 Å². The first kappa shape index (κ1) is 13.4. The van der Waals surface area contributed by atoms with Crippen molar-refractivity contribution < 1.29 is 0 Å². The maximum atomic E-state index is 3.22. The third kappa shape index (κ3) is 3.26. The minimum Gasteiger partial charge on any atom is -0.369 e. The Morgan fingerprint density at radius 3 is 3.00 bits per heavy atom. The fourth-order valence-corrected chi connectivity index (χ4v) is 2.92. The third-order valence-electron chi connectivity index (χ3n) is 4.00. The van der Waals surface area contributed by atoms with Gasteiger partial charge in [-0.15, -0.1) is 0 Å². The first-order valence-corrected chi connectivity index (χ1v) is 7.35. The van der Waals surface area contributed by atoms with Crippen LogP contribution in [0, 0.1) is 0 Å². The van der Waals surface area contributed by atoms with Crippen LogP contribution in [0.1, 0.15) is 38.2 Å². The Morgan fingerprint density at radius 2 is 2.22 bits per heavy atom. The molecule has 1 unspecified atom stereocenters. The van der Waals surface area contributed by atoms with Gasteiger partial charge in [0, 0.05) is 18.3 Å². The van der Waals surface area contributed by atoms with E-state index in [-0.39, 0.29) is 0 Å². The molecule has 1 saturated heterocycles. The highest BCUT2D eigenvalue weighted by molar-refractivity contribution is 5.50. The Kier molecular flexibility index (Phi) is 5.06. The molecule has 2 rings (SSSR count). The average Bonchev–Trinajstić information content (AvgIpc) is 2.45. The van der Waals surface area contributed by atoms with Crippen LogP contribution in [0.2, 0.25) is 0 Å². The van der Waals surface area contributed by atoms with E-state index >= 15 is 0 Å². The molecular formula is C16H26N2. The summed E-state index contributed by atoms with van der Waals surface area (Å²) in [6.45, 7) is 4.60. The molecule has 1 aliphatic heterocycles. The van der Waals surface area contributed by atoms with Crippen LogP contribution in [0.5, 0.6) is 0 Å². The lowest BCUT2D eigenvalue weighted by atomic mass is 9.98. The molecule has 0 spiro atoms.